The van der Waals surface area contributed by atoms with Gasteiger partial charge >= 0.3 is 6.09 Å². The maximum atomic E-state index is 11.7. The molecule has 0 aromatic heterocycles. The predicted molar refractivity (Wildman–Crippen MR) is 80.2 cm³/mol. The Balaban J connectivity index is 1.92. The molecule has 4 heteroatoms. The molecule has 1 heterocycles. The van der Waals surface area contributed by atoms with Crippen molar-refractivity contribution in [2.45, 2.75) is 45.1 Å². The Morgan fingerprint density at radius 1 is 1.20 bits per heavy atom. The van der Waals surface area contributed by atoms with Gasteiger partial charge in [-0.25, -0.2) is 4.79 Å². The van der Waals surface area contributed by atoms with Gasteiger partial charge in [-0.1, -0.05) is 12.1 Å². The molecular formula is C16H24N2O2. The van der Waals surface area contributed by atoms with E-state index in [2.05, 4.69) is 22.8 Å². The van der Waals surface area contributed by atoms with Crippen molar-refractivity contribution in [1.82, 2.24) is 10.6 Å². The third-order valence-electron chi connectivity index (χ3n) is 3.38. The molecule has 0 radical (unpaired) electrons. The highest BCUT2D eigenvalue weighted by Crippen LogP contribution is 2.26. The molecule has 110 valence electrons. The minimum absolute atomic E-state index is 0.286. The van der Waals surface area contributed by atoms with E-state index in [0.29, 0.717) is 11.7 Å². The Bertz CT molecular complexity index is 443. The van der Waals surface area contributed by atoms with Crippen LogP contribution in [-0.2, 0) is 0 Å². The number of ether oxygens (including phenoxy) is 1. The van der Waals surface area contributed by atoms with Gasteiger partial charge in [0.15, 0.2) is 0 Å². The summed E-state index contributed by atoms with van der Waals surface area (Å²) in [7, 11) is 0. The summed E-state index contributed by atoms with van der Waals surface area (Å²) in [6.45, 7) is 7.94. The standard InChI is InChI=1S/C16H24N2O2/c1-16(2,3)18-15(19)20-14-6-4-12(5-7-14)13-8-10-17-11-9-13/h4-7,13,17H,8-11H2,1-3H3,(H,18,19). The maximum absolute atomic E-state index is 11.7. The number of hydrogen-bond donors (Lipinski definition) is 2. The third kappa shape index (κ3) is 4.53. The Labute approximate surface area is 120 Å². The summed E-state index contributed by atoms with van der Waals surface area (Å²) in [6, 6.07) is 7.88. The fourth-order valence-corrected chi connectivity index (χ4v) is 2.40. The number of carbonyl (C=O) groups is 1. The van der Waals surface area contributed by atoms with Crippen LogP contribution in [0.4, 0.5) is 4.79 Å². The van der Waals surface area contributed by atoms with Crippen LogP contribution < -0.4 is 15.4 Å². The molecule has 0 bridgehead atoms. The van der Waals surface area contributed by atoms with E-state index >= 15 is 0 Å². The lowest BCUT2D eigenvalue weighted by Crippen LogP contribution is -2.42. The lowest BCUT2D eigenvalue weighted by Gasteiger charge is -2.23. The Morgan fingerprint density at radius 2 is 1.80 bits per heavy atom. The van der Waals surface area contributed by atoms with E-state index in [0.717, 1.165) is 13.1 Å². The molecule has 2 rings (SSSR count). The monoisotopic (exact) mass is 276 g/mol. The Hall–Kier alpha value is -1.55. The molecule has 0 unspecified atom stereocenters. The van der Waals surface area contributed by atoms with Crippen molar-refractivity contribution in [3.8, 4) is 5.75 Å². The topological polar surface area (TPSA) is 50.4 Å². The molecule has 1 saturated heterocycles. The highest BCUT2D eigenvalue weighted by atomic mass is 16.6. The number of amides is 1. The fraction of sp³-hybridized carbons (Fsp3) is 0.562. The molecule has 2 N–H and O–H groups in total. The smallest absolute Gasteiger partial charge is 0.410 e. The molecule has 4 nitrogen and oxygen atoms in total. The lowest BCUT2D eigenvalue weighted by atomic mass is 9.90. The second-order valence-electron chi connectivity index (χ2n) is 6.36. The summed E-state index contributed by atoms with van der Waals surface area (Å²) in [5.41, 5.74) is 1.04. The Kier molecular flexibility index (Phi) is 4.65. The molecule has 1 aliphatic rings. The number of hydrogen-bond acceptors (Lipinski definition) is 3. The van der Waals surface area contributed by atoms with Crippen molar-refractivity contribution in [2.24, 2.45) is 0 Å². The van der Waals surface area contributed by atoms with E-state index in [1.54, 1.807) is 0 Å². The van der Waals surface area contributed by atoms with E-state index in [4.69, 9.17) is 4.74 Å². The van der Waals surface area contributed by atoms with E-state index in [1.807, 2.05) is 32.9 Å². The van der Waals surface area contributed by atoms with Crippen LogP contribution in [0, 0.1) is 0 Å². The zero-order valence-corrected chi connectivity index (χ0v) is 12.5. The van der Waals surface area contributed by atoms with Gasteiger partial charge in [0.05, 0.1) is 0 Å². The van der Waals surface area contributed by atoms with Crippen molar-refractivity contribution in [3.63, 3.8) is 0 Å². The molecule has 20 heavy (non-hydrogen) atoms. The molecule has 1 aliphatic heterocycles. The Morgan fingerprint density at radius 3 is 2.35 bits per heavy atom. The second-order valence-corrected chi connectivity index (χ2v) is 6.36. The second kappa shape index (κ2) is 6.27. The summed E-state index contributed by atoms with van der Waals surface area (Å²) < 4.78 is 5.27. The molecule has 1 aromatic rings. The summed E-state index contributed by atoms with van der Waals surface area (Å²) in [6.07, 6.45) is 1.93. The zero-order chi connectivity index (χ0) is 14.6. The number of rotatable bonds is 2. The quantitative estimate of drug-likeness (QED) is 0.873. The molecule has 1 aromatic carbocycles. The van der Waals surface area contributed by atoms with Crippen molar-refractivity contribution in [2.75, 3.05) is 13.1 Å². The van der Waals surface area contributed by atoms with Crippen molar-refractivity contribution >= 4 is 6.09 Å². The predicted octanol–water partition coefficient (Wildman–Crippen LogP) is 3.04. The zero-order valence-electron chi connectivity index (χ0n) is 12.5. The highest BCUT2D eigenvalue weighted by molar-refractivity contribution is 5.71. The maximum Gasteiger partial charge on any atom is 0.413 e. The molecule has 0 aliphatic carbocycles. The minimum atomic E-state index is -0.410. The van der Waals surface area contributed by atoms with E-state index in [1.165, 1.54) is 18.4 Å². The molecular weight excluding hydrogens is 252 g/mol. The lowest BCUT2D eigenvalue weighted by molar-refractivity contribution is 0.190. The summed E-state index contributed by atoms with van der Waals surface area (Å²) in [5, 5.41) is 6.14. The van der Waals surface area contributed by atoms with Gasteiger partial charge in [0.25, 0.3) is 0 Å². The number of benzene rings is 1. The van der Waals surface area contributed by atoms with Crippen LogP contribution in [0.1, 0.15) is 45.1 Å². The van der Waals surface area contributed by atoms with Crippen molar-refractivity contribution in [3.05, 3.63) is 29.8 Å². The average Bonchev–Trinajstić information content (AvgIpc) is 2.38. The van der Waals surface area contributed by atoms with Crippen LogP contribution in [0.15, 0.2) is 24.3 Å². The van der Waals surface area contributed by atoms with Crippen molar-refractivity contribution in [1.29, 1.82) is 0 Å². The fourth-order valence-electron chi connectivity index (χ4n) is 2.40. The van der Waals surface area contributed by atoms with Gasteiger partial charge in [0.1, 0.15) is 5.75 Å². The van der Waals surface area contributed by atoms with Gasteiger partial charge in [-0.3, -0.25) is 0 Å². The number of carbonyl (C=O) groups excluding carboxylic acids is 1. The molecule has 1 fully saturated rings. The number of nitrogens with one attached hydrogen (secondary N) is 2. The van der Waals surface area contributed by atoms with Crippen molar-refractivity contribution < 1.29 is 9.53 Å². The summed E-state index contributed by atoms with van der Waals surface area (Å²) >= 11 is 0. The molecule has 0 spiro atoms. The van der Waals surface area contributed by atoms with Gasteiger partial charge < -0.3 is 15.4 Å². The first-order valence-electron chi connectivity index (χ1n) is 7.25. The van der Waals surface area contributed by atoms with Crippen LogP contribution in [0.5, 0.6) is 5.75 Å². The highest BCUT2D eigenvalue weighted by Gasteiger charge is 2.17. The van der Waals surface area contributed by atoms with Gasteiger partial charge in [-0.2, -0.15) is 0 Å². The molecule has 0 atom stereocenters. The van der Waals surface area contributed by atoms with Crippen LogP contribution in [0.2, 0.25) is 0 Å². The number of piperidine rings is 1. The first kappa shape index (κ1) is 14.9. The van der Waals surface area contributed by atoms with E-state index in [9.17, 15) is 4.79 Å². The first-order chi connectivity index (χ1) is 9.44. The van der Waals surface area contributed by atoms with Gasteiger partial charge in [0.2, 0.25) is 0 Å². The average molecular weight is 276 g/mol. The largest absolute Gasteiger partial charge is 0.413 e. The summed E-state index contributed by atoms with van der Waals surface area (Å²) in [4.78, 5) is 11.7. The minimum Gasteiger partial charge on any atom is -0.410 e. The third-order valence-corrected chi connectivity index (χ3v) is 3.38. The SMILES string of the molecule is CC(C)(C)NC(=O)Oc1ccc(C2CCNCC2)cc1. The van der Waals surface area contributed by atoms with E-state index in [-0.39, 0.29) is 5.54 Å². The van der Waals surface area contributed by atoms with Gasteiger partial charge in [-0.05, 0) is 70.3 Å². The van der Waals surface area contributed by atoms with Crippen LogP contribution in [-0.4, -0.2) is 24.7 Å². The molecule has 1 amide bonds. The van der Waals surface area contributed by atoms with E-state index < -0.39 is 6.09 Å². The van der Waals surface area contributed by atoms with Gasteiger partial charge in [0, 0.05) is 5.54 Å². The molecule has 0 saturated carbocycles. The van der Waals surface area contributed by atoms with Gasteiger partial charge in [-0.15, -0.1) is 0 Å². The first-order valence-corrected chi connectivity index (χ1v) is 7.25. The summed E-state index contributed by atoms with van der Waals surface area (Å²) in [5.74, 6) is 1.21. The van der Waals surface area contributed by atoms with Crippen LogP contribution in [0.25, 0.3) is 0 Å². The normalized spacial score (nSPS) is 16.8. The van der Waals surface area contributed by atoms with Crippen LogP contribution in [0.3, 0.4) is 0 Å². The van der Waals surface area contributed by atoms with Crippen LogP contribution >= 0.6 is 0 Å².